The first kappa shape index (κ1) is 26.7. The van der Waals surface area contributed by atoms with Gasteiger partial charge in [0.15, 0.2) is 0 Å². The number of hydrogen-bond acceptors (Lipinski definition) is 4. The number of anilines is 1. The summed E-state index contributed by atoms with van der Waals surface area (Å²) in [5.74, 6) is -0.749. The third-order valence-electron chi connectivity index (χ3n) is 5.33. The number of rotatable bonds is 10. The molecule has 9 heteroatoms. The number of nitrogens with zero attached hydrogens (tertiary/aromatic N) is 2. The maximum Gasteiger partial charge on any atom is 0.244 e. The fourth-order valence-corrected chi connectivity index (χ4v) is 4.47. The third kappa shape index (κ3) is 7.20. The number of carbonyl (C=O) groups is 2. The standard InChI is InChI=1S/C24H32ClN3O4S/c1-6-22(24(30)26-7-2)27(15-19-11-8-17(3)9-12-19)23(29)16-28(33(5,31)32)20-13-10-18(4)21(25)14-20/h8-14,22H,6-7,15-16H2,1-5H3,(H,26,30)/t22-/m0/s1. The molecule has 1 atom stereocenters. The second-order valence-electron chi connectivity index (χ2n) is 8.03. The molecule has 7 nitrogen and oxygen atoms in total. The van der Waals surface area contributed by atoms with E-state index in [0.717, 1.165) is 27.3 Å². The number of hydrogen-bond donors (Lipinski definition) is 1. The highest BCUT2D eigenvalue weighted by atomic mass is 35.5. The van der Waals surface area contributed by atoms with Gasteiger partial charge in [0, 0.05) is 18.1 Å². The Hall–Kier alpha value is -2.58. The zero-order valence-electron chi connectivity index (χ0n) is 19.8. The molecule has 2 aromatic carbocycles. The largest absolute Gasteiger partial charge is 0.355 e. The Balaban J connectivity index is 2.44. The number of aryl methyl sites for hydroxylation is 2. The minimum Gasteiger partial charge on any atom is -0.355 e. The van der Waals surface area contributed by atoms with Crippen LogP contribution < -0.4 is 9.62 Å². The van der Waals surface area contributed by atoms with Crippen molar-refractivity contribution in [3.05, 3.63) is 64.2 Å². The number of likely N-dealkylation sites (N-methyl/N-ethyl adjacent to an activating group) is 1. The molecule has 2 rings (SSSR count). The summed E-state index contributed by atoms with van der Waals surface area (Å²) in [6.07, 6.45) is 1.43. The molecule has 2 aromatic rings. The first-order valence-corrected chi connectivity index (χ1v) is 13.1. The average molecular weight is 494 g/mol. The molecular weight excluding hydrogens is 462 g/mol. The maximum atomic E-state index is 13.5. The van der Waals surface area contributed by atoms with Crippen LogP contribution in [0.3, 0.4) is 0 Å². The smallest absolute Gasteiger partial charge is 0.244 e. The molecule has 2 amide bonds. The molecule has 33 heavy (non-hydrogen) atoms. The van der Waals surface area contributed by atoms with Gasteiger partial charge in [-0.15, -0.1) is 0 Å². The maximum absolute atomic E-state index is 13.5. The molecule has 0 aromatic heterocycles. The topological polar surface area (TPSA) is 86.8 Å². The molecule has 0 saturated carbocycles. The minimum absolute atomic E-state index is 0.182. The Bertz CT molecular complexity index is 1090. The van der Waals surface area contributed by atoms with Crippen LogP contribution in [0, 0.1) is 13.8 Å². The van der Waals surface area contributed by atoms with Crippen LogP contribution in [0.1, 0.15) is 37.0 Å². The van der Waals surface area contributed by atoms with Gasteiger partial charge >= 0.3 is 0 Å². The second kappa shape index (κ2) is 11.5. The summed E-state index contributed by atoms with van der Waals surface area (Å²) in [4.78, 5) is 27.7. The van der Waals surface area contributed by atoms with Gasteiger partial charge in [-0.25, -0.2) is 8.42 Å². The summed E-state index contributed by atoms with van der Waals surface area (Å²) in [5.41, 5.74) is 3.01. The van der Waals surface area contributed by atoms with Crippen molar-refractivity contribution >= 4 is 39.1 Å². The molecule has 0 saturated heterocycles. The van der Waals surface area contributed by atoms with E-state index >= 15 is 0 Å². The van der Waals surface area contributed by atoms with Crippen LogP contribution in [0.4, 0.5) is 5.69 Å². The van der Waals surface area contributed by atoms with Crippen molar-refractivity contribution in [3.8, 4) is 0 Å². The number of halogens is 1. The van der Waals surface area contributed by atoms with Crippen LogP contribution in [0.5, 0.6) is 0 Å². The van der Waals surface area contributed by atoms with Gasteiger partial charge in [0.05, 0.1) is 11.9 Å². The van der Waals surface area contributed by atoms with Gasteiger partial charge in [-0.2, -0.15) is 0 Å². The van der Waals surface area contributed by atoms with Crippen LogP contribution in [0.25, 0.3) is 0 Å². The van der Waals surface area contributed by atoms with Gasteiger partial charge in [-0.1, -0.05) is 54.4 Å². The van der Waals surface area contributed by atoms with Crippen molar-refractivity contribution in [1.29, 1.82) is 0 Å². The van der Waals surface area contributed by atoms with Gasteiger partial charge in [0.2, 0.25) is 21.8 Å². The molecule has 0 spiro atoms. The Morgan fingerprint density at radius 3 is 2.21 bits per heavy atom. The van der Waals surface area contributed by atoms with Crippen molar-refractivity contribution in [2.24, 2.45) is 0 Å². The fraction of sp³-hybridized carbons (Fsp3) is 0.417. The molecule has 0 radical (unpaired) electrons. The van der Waals surface area contributed by atoms with Gasteiger partial charge in [0.25, 0.3) is 0 Å². The van der Waals surface area contributed by atoms with Crippen molar-refractivity contribution in [1.82, 2.24) is 10.2 Å². The molecule has 0 heterocycles. The number of nitrogens with one attached hydrogen (secondary N) is 1. The Labute approximate surface area is 201 Å². The van der Waals surface area contributed by atoms with Crippen LogP contribution in [-0.2, 0) is 26.2 Å². The molecule has 180 valence electrons. The van der Waals surface area contributed by atoms with E-state index in [1.807, 2.05) is 52.0 Å². The van der Waals surface area contributed by atoms with E-state index in [9.17, 15) is 18.0 Å². The number of carbonyl (C=O) groups excluding carboxylic acids is 2. The average Bonchev–Trinajstić information content (AvgIpc) is 2.74. The van der Waals surface area contributed by atoms with E-state index in [1.54, 1.807) is 12.1 Å². The second-order valence-corrected chi connectivity index (χ2v) is 10.3. The number of amides is 2. The predicted molar refractivity (Wildman–Crippen MR) is 133 cm³/mol. The van der Waals surface area contributed by atoms with E-state index in [0.29, 0.717) is 23.7 Å². The molecule has 0 fully saturated rings. The predicted octanol–water partition coefficient (Wildman–Crippen LogP) is 3.67. The summed E-state index contributed by atoms with van der Waals surface area (Å²) in [6, 6.07) is 11.8. The molecule has 0 aliphatic heterocycles. The van der Waals surface area contributed by atoms with Crippen molar-refractivity contribution in [3.63, 3.8) is 0 Å². The molecule has 0 unspecified atom stereocenters. The summed E-state index contributed by atoms with van der Waals surface area (Å²) in [7, 11) is -3.79. The summed E-state index contributed by atoms with van der Waals surface area (Å²) >= 11 is 6.21. The summed E-state index contributed by atoms with van der Waals surface area (Å²) in [5, 5.41) is 3.18. The highest BCUT2D eigenvalue weighted by Crippen LogP contribution is 2.25. The van der Waals surface area contributed by atoms with E-state index in [4.69, 9.17) is 11.6 Å². The molecular formula is C24H32ClN3O4S. The molecule has 0 bridgehead atoms. The number of benzene rings is 2. The van der Waals surface area contributed by atoms with Gasteiger partial charge in [0.1, 0.15) is 12.6 Å². The van der Waals surface area contributed by atoms with E-state index in [2.05, 4.69) is 5.32 Å². The van der Waals surface area contributed by atoms with E-state index in [1.165, 1.54) is 11.0 Å². The quantitative estimate of drug-likeness (QED) is 0.547. The lowest BCUT2D eigenvalue weighted by Gasteiger charge is -2.33. The van der Waals surface area contributed by atoms with Crippen LogP contribution in [0.2, 0.25) is 5.02 Å². The first-order chi connectivity index (χ1) is 15.5. The van der Waals surface area contributed by atoms with Gasteiger partial charge in [-0.05, 0) is 50.5 Å². The SMILES string of the molecule is CCNC(=O)[C@H](CC)N(Cc1ccc(C)cc1)C(=O)CN(c1ccc(C)c(Cl)c1)S(C)(=O)=O. The number of sulfonamides is 1. The zero-order valence-corrected chi connectivity index (χ0v) is 21.3. The van der Waals surface area contributed by atoms with Crippen molar-refractivity contribution < 1.29 is 18.0 Å². The lowest BCUT2D eigenvalue weighted by Crippen LogP contribution is -2.52. The first-order valence-electron chi connectivity index (χ1n) is 10.8. The summed E-state index contributed by atoms with van der Waals surface area (Å²) in [6.45, 7) is 7.57. The van der Waals surface area contributed by atoms with Crippen molar-refractivity contribution in [2.75, 3.05) is 23.7 Å². The summed E-state index contributed by atoms with van der Waals surface area (Å²) < 4.78 is 26.2. The van der Waals surface area contributed by atoms with E-state index < -0.39 is 28.5 Å². The lowest BCUT2D eigenvalue weighted by atomic mass is 10.1. The van der Waals surface area contributed by atoms with Crippen LogP contribution in [0.15, 0.2) is 42.5 Å². The van der Waals surface area contributed by atoms with Crippen LogP contribution in [-0.4, -0.2) is 50.5 Å². The van der Waals surface area contributed by atoms with Gasteiger partial charge < -0.3 is 10.2 Å². The highest BCUT2D eigenvalue weighted by Gasteiger charge is 2.31. The zero-order chi connectivity index (χ0) is 24.8. The molecule has 1 N–H and O–H groups in total. The monoisotopic (exact) mass is 493 g/mol. The lowest BCUT2D eigenvalue weighted by molar-refractivity contribution is -0.140. The Morgan fingerprint density at radius 2 is 1.70 bits per heavy atom. The van der Waals surface area contributed by atoms with E-state index in [-0.39, 0.29) is 12.5 Å². The minimum atomic E-state index is -3.79. The van der Waals surface area contributed by atoms with Crippen molar-refractivity contribution in [2.45, 2.75) is 46.7 Å². The Morgan fingerprint density at radius 1 is 1.06 bits per heavy atom. The Kier molecular flexibility index (Phi) is 9.31. The third-order valence-corrected chi connectivity index (χ3v) is 6.88. The fourth-order valence-electron chi connectivity index (χ4n) is 3.45. The molecule has 0 aliphatic rings. The normalized spacial score (nSPS) is 12.2. The van der Waals surface area contributed by atoms with Gasteiger partial charge in [-0.3, -0.25) is 13.9 Å². The highest BCUT2D eigenvalue weighted by molar-refractivity contribution is 7.92. The molecule has 0 aliphatic carbocycles. The van der Waals surface area contributed by atoms with Crippen LogP contribution >= 0.6 is 11.6 Å².